The molecule has 6 nitrogen and oxygen atoms in total. The summed E-state index contributed by atoms with van der Waals surface area (Å²) in [7, 11) is 3.21. The fraction of sp³-hybridized carbons (Fsp3) is 0.115. The van der Waals surface area contributed by atoms with Crippen LogP contribution in [0.15, 0.2) is 85.8 Å². The van der Waals surface area contributed by atoms with Crippen molar-refractivity contribution >= 4 is 60.5 Å². The molecule has 4 aromatic rings. The predicted octanol–water partition coefficient (Wildman–Crippen LogP) is 6.79. The molecule has 0 spiro atoms. The summed E-state index contributed by atoms with van der Waals surface area (Å²) in [5.74, 6) is 1.81. The number of nitrogens with zero attached hydrogens (tertiary/aromatic N) is 3. The molecule has 0 fully saturated rings. The van der Waals surface area contributed by atoms with Crippen LogP contribution in [0.25, 0.3) is 10.9 Å². The first-order valence-corrected chi connectivity index (χ1v) is 12.0. The lowest BCUT2D eigenvalue weighted by atomic mass is 10.2. The Bertz CT molecular complexity index is 1380. The number of hydrazone groups is 1. The number of aliphatic imine (C=N–C) groups is 1. The van der Waals surface area contributed by atoms with Crippen LogP contribution in [0.3, 0.4) is 0 Å². The van der Waals surface area contributed by atoms with Gasteiger partial charge in [-0.15, -0.1) is 0 Å². The standard InChI is InChI=1S/C26H22Br2N4O2/c1-16-12-19(27)14-20(28)25(16)31-26(22-10-9-18-6-4-5-7-21(18)30-22)32-29-15-17-8-11-23(33-2)24(13-17)34-3/h4-15H,1-3H3,(H,31,32)/b29-15+. The molecular weight excluding hydrogens is 560 g/mol. The van der Waals surface area contributed by atoms with E-state index in [1.165, 1.54) is 0 Å². The molecule has 0 aliphatic carbocycles. The minimum Gasteiger partial charge on any atom is -0.493 e. The number of fused-ring (bicyclic) bond motifs is 1. The minimum absolute atomic E-state index is 0.522. The van der Waals surface area contributed by atoms with Crippen LogP contribution >= 0.6 is 31.9 Å². The maximum Gasteiger partial charge on any atom is 0.173 e. The highest BCUT2D eigenvalue weighted by molar-refractivity contribution is 9.11. The lowest BCUT2D eigenvalue weighted by Crippen LogP contribution is -2.20. The topological polar surface area (TPSA) is 68.1 Å². The number of amidine groups is 1. The van der Waals surface area contributed by atoms with Crippen LogP contribution in [0.5, 0.6) is 11.5 Å². The number of methoxy groups -OCH3 is 2. The van der Waals surface area contributed by atoms with Gasteiger partial charge in [0, 0.05) is 14.3 Å². The molecule has 3 aromatic carbocycles. The molecule has 0 saturated heterocycles. The van der Waals surface area contributed by atoms with E-state index in [4.69, 9.17) is 19.5 Å². The molecule has 1 aromatic heterocycles. The van der Waals surface area contributed by atoms with Gasteiger partial charge < -0.3 is 9.47 Å². The smallest absolute Gasteiger partial charge is 0.173 e. The second-order valence-corrected chi connectivity index (χ2v) is 9.16. The lowest BCUT2D eigenvalue weighted by Gasteiger charge is -2.10. The zero-order valence-electron chi connectivity index (χ0n) is 18.8. The van der Waals surface area contributed by atoms with E-state index >= 15 is 0 Å². The molecule has 0 bridgehead atoms. The van der Waals surface area contributed by atoms with Crippen molar-refractivity contribution in [1.82, 2.24) is 10.4 Å². The summed E-state index contributed by atoms with van der Waals surface area (Å²) >= 11 is 7.15. The molecule has 0 aliphatic rings. The molecule has 172 valence electrons. The van der Waals surface area contributed by atoms with Crippen LogP contribution in [0, 0.1) is 6.92 Å². The Labute approximate surface area is 215 Å². The van der Waals surface area contributed by atoms with Crippen molar-refractivity contribution in [3.05, 3.63) is 92.5 Å². The van der Waals surface area contributed by atoms with Gasteiger partial charge >= 0.3 is 0 Å². The normalized spacial score (nSPS) is 11.7. The Morgan fingerprint density at radius 2 is 1.74 bits per heavy atom. The average molecular weight is 582 g/mol. The van der Waals surface area contributed by atoms with E-state index in [1.807, 2.05) is 73.7 Å². The molecule has 0 radical (unpaired) electrons. The summed E-state index contributed by atoms with van der Waals surface area (Å²) in [6.45, 7) is 2.01. The summed E-state index contributed by atoms with van der Waals surface area (Å²) in [4.78, 5) is 9.68. The average Bonchev–Trinajstić information content (AvgIpc) is 2.84. The van der Waals surface area contributed by atoms with Crippen LogP contribution in [0.1, 0.15) is 16.8 Å². The maximum absolute atomic E-state index is 5.38. The van der Waals surface area contributed by atoms with E-state index in [-0.39, 0.29) is 0 Å². The largest absolute Gasteiger partial charge is 0.493 e. The third-order valence-electron chi connectivity index (χ3n) is 5.08. The fourth-order valence-corrected chi connectivity index (χ4v) is 4.91. The van der Waals surface area contributed by atoms with Gasteiger partial charge in [-0.2, -0.15) is 5.10 Å². The summed E-state index contributed by atoms with van der Waals surface area (Å²) in [5, 5.41) is 5.49. The molecular formula is C26H22Br2N4O2. The summed E-state index contributed by atoms with van der Waals surface area (Å²) in [6.07, 6.45) is 1.70. The van der Waals surface area contributed by atoms with Crippen molar-refractivity contribution in [1.29, 1.82) is 0 Å². The van der Waals surface area contributed by atoms with Crippen molar-refractivity contribution in [3.63, 3.8) is 0 Å². The predicted molar refractivity (Wildman–Crippen MR) is 145 cm³/mol. The van der Waals surface area contributed by atoms with Gasteiger partial charge in [-0.1, -0.05) is 40.2 Å². The zero-order valence-corrected chi connectivity index (χ0v) is 22.0. The third-order valence-corrected chi connectivity index (χ3v) is 6.14. The van der Waals surface area contributed by atoms with E-state index < -0.39 is 0 Å². The van der Waals surface area contributed by atoms with Crippen molar-refractivity contribution in [2.45, 2.75) is 6.92 Å². The highest BCUT2D eigenvalue weighted by atomic mass is 79.9. The van der Waals surface area contributed by atoms with Gasteiger partial charge in [0.15, 0.2) is 17.3 Å². The SMILES string of the molecule is COc1ccc(/C=N/NC(=Nc2c(C)cc(Br)cc2Br)c2ccc3ccccc3n2)cc1OC. The Kier molecular flexibility index (Phi) is 7.59. The van der Waals surface area contributed by atoms with Gasteiger partial charge in [-0.05, 0) is 76.4 Å². The molecule has 1 heterocycles. The van der Waals surface area contributed by atoms with Crippen LogP contribution < -0.4 is 14.9 Å². The third kappa shape index (κ3) is 5.46. The van der Waals surface area contributed by atoms with Crippen molar-refractivity contribution < 1.29 is 9.47 Å². The summed E-state index contributed by atoms with van der Waals surface area (Å²) < 4.78 is 12.5. The molecule has 0 amide bonds. The lowest BCUT2D eigenvalue weighted by molar-refractivity contribution is 0.355. The van der Waals surface area contributed by atoms with Crippen LogP contribution in [0.4, 0.5) is 5.69 Å². The molecule has 34 heavy (non-hydrogen) atoms. The molecule has 0 aliphatic heterocycles. The number of aromatic nitrogens is 1. The van der Waals surface area contributed by atoms with Crippen molar-refractivity contribution in [3.8, 4) is 11.5 Å². The Morgan fingerprint density at radius 1 is 0.941 bits per heavy atom. The number of hydrogen-bond donors (Lipinski definition) is 1. The van der Waals surface area contributed by atoms with Crippen molar-refractivity contribution in [2.24, 2.45) is 10.1 Å². The number of halogens is 2. The van der Waals surface area contributed by atoms with Gasteiger partial charge in [0.05, 0.1) is 31.6 Å². The van der Waals surface area contributed by atoms with Crippen LogP contribution in [0.2, 0.25) is 0 Å². The maximum atomic E-state index is 5.38. The minimum atomic E-state index is 0.522. The monoisotopic (exact) mass is 580 g/mol. The van der Waals surface area contributed by atoms with Crippen molar-refractivity contribution in [2.75, 3.05) is 14.2 Å². The number of para-hydroxylation sites is 1. The first-order chi connectivity index (χ1) is 16.5. The van der Waals surface area contributed by atoms with Crippen LogP contribution in [-0.4, -0.2) is 31.3 Å². The molecule has 8 heteroatoms. The number of benzene rings is 3. The number of aryl methyl sites for hydroxylation is 1. The van der Waals surface area contributed by atoms with Gasteiger partial charge in [-0.25, -0.2) is 9.98 Å². The Hall–Kier alpha value is -3.23. The van der Waals surface area contributed by atoms with E-state index in [9.17, 15) is 0 Å². The number of rotatable bonds is 6. The van der Waals surface area contributed by atoms with Crippen LogP contribution in [-0.2, 0) is 0 Å². The van der Waals surface area contributed by atoms with E-state index in [1.54, 1.807) is 20.4 Å². The van der Waals surface area contributed by atoms with E-state index in [0.29, 0.717) is 23.0 Å². The number of hydrogen-bond acceptors (Lipinski definition) is 5. The van der Waals surface area contributed by atoms with E-state index in [2.05, 4.69) is 42.4 Å². The van der Waals surface area contributed by atoms with Gasteiger partial charge in [0.1, 0.15) is 5.69 Å². The molecule has 0 unspecified atom stereocenters. The number of nitrogens with one attached hydrogen (secondary N) is 1. The second kappa shape index (κ2) is 10.8. The van der Waals surface area contributed by atoms with E-state index in [0.717, 1.165) is 36.7 Å². The molecule has 0 atom stereocenters. The van der Waals surface area contributed by atoms with Gasteiger partial charge in [0.25, 0.3) is 0 Å². The van der Waals surface area contributed by atoms with Gasteiger partial charge in [0.2, 0.25) is 0 Å². The first-order valence-electron chi connectivity index (χ1n) is 10.4. The zero-order chi connectivity index (χ0) is 24.1. The quantitative estimate of drug-likeness (QED) is 0.155. The first kappa shape index (κ1) is 23.9. The second-order valence-electron chi connectivity index (χ2n) is 7.39. The highest BCUT2D eigenvalue weighted by Crippen LogP contribution is 2.33. The highest BCUT2D eigenvalue weighted by Gasteiger charge is 2.11. The molecule has 4 rings (SSSR count). The summed E-state index contributed by atoms with van der Waals surface area (Å²) in [5.41, 5.74) is 7.29. The summed E-state index contributed by atoms with van der Waals surface area (Å²) in [6, 6.07) is 21.5. The molecule has 0 saturated carbocycles. The Morgan fingerprint density at radius 3 is 2.50 bits per heavy atom. The molecule has 1 N–H and O–H groups in total. The van der Waals surface area contributed by atoms with Gasteiger partial charge in [-0.3, -0.25) is 5.43 Å². The number of ether oxygens (including phenoxy) is 2. The Balaban J connectivity index is 1.73. The fourth-order valence-electron chi connectivity index (χ4n) is 3.39. The number of pyridine rings is 1.